The SMILES string of the molecule is CCCCCNS(=O)(=O)c1ccc(F)c([N+](=O)[O-])c1. The number of rotatable bonds is 7. The zero-order valence-electron chi connectivity index (χ0n) is 10.4. The van der Waals surface area contributed by atoms with Crippen LogP contribution in [0.2, 0.25) is 0 Å². The molecule has 19 heavy (non-hydrogen) atoms. The van der Waals surface area contributed by atoms with Crippen molar-refractivity contribution in [3.8, 4) is 0 Å². The topological polar surface area (TPSA) is 89.3 Å². The summed E-state index contributed by atoms with van der Waals surface area (Å²) in [7, 11) is -3.83. The summed E-state index contributed by atoms with van der Waals surface area (Å²) in [5.74, 6) is -1.06. The van der Waals surface area contributed by atoms with Crippen molar-refractivity contribution in [3.63, 3.8) is 0 Å². The van der Waals surface area contributed by atoms with Crippen LogP contribution in [0.1, 0.15) is 26.2 Å². The summed E-state index contributed by atoms with van der Waals surface area (Å²) >= 11 is 0. The number of halogens is 1. The van der Waals surface area contributed by atoms with Gasteiger partial charge in [0.1, 0.15) is 0 Å². The number of nitro groups is 1. The van der Waals surface area contributed by atoms with Crippen LogP contribution >= 0.6 is 0 Å². The maximum absolute atomic E-state index is 13.1. The first kappa shape index (κ1) is 15.5. The van der Waals surface area contributed by atoms with Crippen LogP contribution in [-0.4, -0.2) is 19.9 Å². The smallest absolute Gasteiger partial charge is 0.258 e. The molecule has 0 spiro atoms. The molecule has 0 bridgehead atoms. The highest BCUT2D eigenvalue weighted by molar-refractivity contribution is 7.89. The van der Waals surface area contributed by atoms with E-state index in [-0.39, 0.29) is 11.4 Å². The normalized spacial score (nSPS) is 11.5. The van der Waals surface area contributed by atoms with Crippen LogP contribution in [0.4, 0.5) is 10.1 Å². The van der Waals surface area contributed by atoms with Gasteiger partial charge >= 0.3 is 5.69 Å². The van der Waals surface area contributed by atoms with E-state index >= 15 is 0 Å². The molecule has 1 N–H and O–H groups in total. The van der Waals surface area contributed by atoms with Gasteiger partial charge in [-0.1, -0.05) is 19.8 Å². The molecule has 0 fully saturated rings. The largest absolute Gasteiger partial charge is 0.306 e. The fourth-order valence-electron chi connectivity index (χ4n) is 1.46. The van der Waals surface area contributed by atoms with Crippen molar-refractivity contribution in [2.45, 2.75) is 31.1 Å². The Morgan fingerprint density at radius 2 is 2.05 bits per heavy atom. The summed E-state index contributed by atoms with van der Waals surface area (Å²) in [6.07, 6.45) is 2.51. The van der Waals surface area contributed by atoms with Crippen LogP contribution in [0.15, 0.2) is 23.1 Å². The Kier molecular flexibility index (Phi) is 5.37. The van der Waals surface area contributed by atoms with Crippen molar-refractivity contribution in [1.82, 2.24) is 4.72 Å². The molecule has 0 heterocycles. The minimum Gasteiger partial charge on any atom is -0.258 e. The molecule has 0 amide bonds. The predicted octanol–water partition coefficient (Wildman–Crippen LogP) is 2.20. The van der Waals surface area contributed by atoms with E-state index in [9.17, 15) is 22.9 Å². The van der Waals surface area contributed by atoms with E-state index in [1.165, 1.54) is 0 Å². The van der Waals surface area contributed by atoms with Gasteiger partial charge in [0.15, 0.2) is 0 Å². The molecular weight excluding hydrogens is 275 g/mol. The summed E-state index contributed by atoms with van der Waals surface area (Å²) in [5.41, 5.74) is -0.851. The second-order valence-electron chi connectivity index (χ2n) is 3.98. The molecule has 0 aromatic heterocycles. The van der Waals surface area contributed by atoms with Gasteiger partial charge in [-0.05, 0) is 18.6 Å². The zero-order valence-corrected chi connectivity index (χ0v) is 11.2. The molecule has 0 aliphatic rings. The average Bonchev–Trinajstić information content (AvgIpc) is 2.34. The van der Waals surface area contributed by atoms with Gasteiger partial charge < -0.3 is 0 Å². The molecule has 0 saturated heterocycles. The summed E-state index contributed by atoms with van der Waals surface area (Å²) in [6, 6.07) is 2.50. The molecule has 106 valence electrons. The molecular formula is C11H15FN2O4S. The second kappa shape index (κ2) is 6.58. The molecule has 0 aliphatic heterocycles. The summed E-state index contributed by atoms with van der Waals surface area (Å²) in [6.45, 7) is 2.24. The van der Waals surface area contributed by atoms with Gasteiger partial charge in [-0.15, -0.1) is 0 Å². The molecule has 8 heteroatoms. The first-order chi connectivity index (χ1) is 8.88. The van der Waals surface area contributed by atoms with E-state index in [1.54, 1.807) is 0 Å². The number of unbranched alkanes of at least 4 members (excludes halogenated alkanes) is 2. The van der Waals surface area contributed by atoms with Crippen molar-refractivity contribution in [2.75, 3.05) is 6.54 Å². The lowest BCUT2D eigenvalue weighted by Gasteiger charge is -2.06. The number of sulfonamides is 1. The van der Waals surface area contributed by atoms with E-state index in [4.69, 9.17) is 0 Å². The maximum atomic E-state index is 13.1. The zero-order chi connectivity index (χ0) is 14.5. The molecule has 6 nitrogen and oxygen atoms in total. The van der Waals surface area contributed by atoms with Crippen LogP contribution in [0, 0.1) is 15.9 Å². The number of nitrogens with one attached hydrogen (secondary N) is 1. The monoisotopic (exact) mass is 290 g/mol. The van der Waals surface area contributed by atoms with Gasteiger partial charge in [0.2, 0.25) is 15.8 Å². The first-order valence-corrected chi connectivity index (χ1v) is 7.30. The lowest BCUT2D eigenvalue weighted by Crippen LogP contribution is -2.24. The third kappa shape index (κ3) is 4.25. The molecule has 0 aliphatic carbocycles. The maximum Gasteiger partial charge on any atom is 0.306 e. The highest BCUT2D eigenvalue weighted by atomic mass is 32.2. The first-order valence-electron chi connectivity index (χ1n) is 5.82. The minimum absolute atomic E-state index is 0.251. The van der Waals surface area contributed by atoms with Gasteiger partial charge in [-0.25, -0.2) is 13.1 Å². The quantitative estimate of drug-likeness (QED) is 0.473. The van der Waals surface area contributed by atoms with E-state index in [2.05, 4.69) is 4.72 Å². The van der Waals surface area contributed by atoms with Gasteiger partial charge in [0.25, 0.3) is 0 Å². The van der Waals surface area contributed by atoms with Crippen molar-refractivity contribution >= 4 is 15.7 Å². The molecule has 1 rings (SSSR count). The molecule has 1 aromatic rings. The Morgan fingerprint density at radius 1 is 1.37 bits per heavy atom. The molecule has 0 atom stereocenters. The average molecular weight is 290 g/mol. The minimum atomic E-state index is -3.83. The standard InChI is InChI=1S/C11H15FN2O4S/c1-2-3-4-7-13-19(17,18)9-5-6-10(12)11(8-9)14(15)16/h5-6,8,13H,2-4,7H2,1H3. The Morgan fingerprint density at radius 3 is 2.63 bits per heavy atom. The van der Waals surface area contributed by atoms with E-state index < -0.39 is 26.5 Å². The Bertz CT molecular complexity index is 560. The third-order valence-corrected chi connectivity index (χ3v) is 3.96. The Balaban J connectivity index is 2.89. The molecule has 0 unspecified atom stereocenters. The summed E-state index contributed by atoms with van der Waals surface area (Å²) in [5, 5.41) is 10.6. The van der Waals surface area contributed by atoms with Gasteiger partial charge in [-0.2, -0.15) is 4.39 Å². The van der Waals surface area contributed by atoms with Crippen molar-refractivity contribution in [1.29, 1.82) is 0 Å². The van der Waals surface area contributed by atoms with Crippen molar-refractivity contribution < 1.29 is 17.7 Å². The second-order valence-corrected chi connectivity index (χ2v) is 5.74. The van der Waals surface area contributed by atoms with Crippen LogP contribution in [0.5, 0.6) is 0 Å². The Labute approximate surface area is 110 Å². The van der Waals surface area contributed by atoms with Crippen molar-refractivity contribution in [3.05, 3.63) is 34.1 Å². The fourth-order valence-corrected chi connectivity index (χ4v) is 2.56. The van der Waals surface area contributed by atoms with Crippen LogP contribution < -0.4 is 4.72 Å². The third-order valence-electron chi connectivity index (χ3n) is 2.50. The predicted molar refractivity (Wildman–Crippen MR) is 67.8 cm³/mol. The van der Waals surface area contributed by atoms with E-state index in [0.717, 1.165) is 31.0 Å². The van der Waals surface area contributed by atoms with Gasteiger partial charge in [0.05, 0.1) is 9.82 Å². The van der Waals surface area contributed by atoms with Gasteiger partial charge in [-0.3, -0.25) is 10.1 Å². The number of hydrogen-bond acceptors (Lipinski definition) is 4. The summed E-state index contributed by atoms with van der Waals surface area (Å²) < 4.78 is 39.1. The van der Waals surface area contributed by atoms with Crippen LogP contribution in [0.3, 0.4) is 0 Å². The summed E-state index contributed by atoms with van der Waals surface area (Å²) in [4.78, 5) is 9.29. The Hall–Kier alpha value is -1.54. The number of hydrogen-bond donors (Lipinski definition) is 1. The highest BCUT2D eigenvalue weighted by Crippen LogP contribution is 2.21. The number of nitrogens with zero attached hydrogens (tertiary/aromatic N) is 1. The van der Waals surface area contributed by atoms with Crippen LogP contribution in [0.25, 0.3) is 0 Å². The van der Waals surface area contributed by atoms with Crippen LogP contribution in [-0.2, 0) is 10.0 Å². The highest BCUT2D eigenvalue weighted by Gasteiger charge is 2.20. The molecule has 0 saturated carbocycles. The lowest BCUT2D eigenvalue weighted by molar-refractivity contribution is -0.387. The number of nitro benzene ring substituents is 1. The number of benzene rings is 1. The van der Waals surface area contributed by atoms with E-state index in [0.29, 0.717) is 6.42 Å². The fraction of sp³-hybridized carbons (Fsp3) is 0.455. The van der Waals surface area contributed by atoms with Crippen molar-refractivity contribution in [2.24, 2.45) is 0 Å². The molecule has 1 aromatic carbocycles. The van der Waals surface area contributed by atoms with E-state index in [1.807, 2.05) is 6.92 Å². The van der Waals surface area contributed by atoms with Gasteiger partial charge in [0, 0.05) is 12.6 Å². The lowest BCUT2D eigenvalue weighted by atomic mass is 10.3. The molecule has 0 radical (unpaired) electrons.